The number of benzene rings is 1. The molecule has 3 heteroatoms. The minimum Gasteiger partial charge on any atom is -0.473 e. The van der Waals surface area contributed by atoms with E-state index in [2.05, 4.69) is 61.3 Å². The van der Waals surface area contributed by atoms with Crippen LogP contribution >= 0.6 is 0 Å². The van der Waals surface area contributed by atoms with E-state index < -0.39 is 0 Å². The topological polar surface area (TPSA) is 24.5 Å². The molecule has 0 unspecified atom stereocenters. The molecule has 0 atom stereocenters. The van der Waals surface area contributed by atoms with Gasteiger partial charge in [0.15, 0.2) is 5.88 Å². The summed E-state index contributed by atoms with van der Waals surface area (Å²) in [5.74, 6) is 1.17. The van der Waals surface area contributed by atoms with Crippen molar-refractivity contribution in [3.05, 3.63) is 41.8 Å². The smallest absolute Gasteiger partial charge is 0.188 e. The van der Waals surface area contributed by atoms with Gasteiger partial charge < -0.3 is 15.0 Å². The molecule has 3 nitrogen and oxygen atoms in total. The average Bonchev–Trinajstić information content (AvgIpc) is 3.31. The van der Waals surface area contributed by atoms with Crippen LogP contribution in [0.15, 0.2) is 41.8 Å². The molecule has 1 N–H and O–H groups in total. The van der Waals surface area contributed by atoms with Gasteiger partial charge in [0.05, 0.1) is 0 Å². The van der Waals surface area contributed by atoms with Crippen LogP contribution in [0.3, 0.4) is 0 Å². The van der Waals surface area contributed by atoms with Crippen LogP contribution in [0.4, 0.5) is 5.69 Å². The predicted octanol–water partition coefficient (Wildman–Crippen LogP) is 4.38. The Bertz CT molecular complexity index is 516. The zero-order valence-corrected chi connectivity index (χ0v) is 14.1. The van der Waals surface area contributed by atoms with Crippen LogP contribution in [0.25, 0.3) is 0 Å². The lowest BCUT2D eigenvalue weighted by Gasteiger charge is -2.37. The maximum Gasteiger partial charge on any atom is 0.188 e. The normalized spacial score (nSPS) is 19.0. The fourth-order valence-electron chi connectivity index (χ4n) is 2.92. The highest BCUT2D eigenvalue weighted by Crippen LogP contribution is 2.36. The van der Waals surface area contributed by atoms with Crippen molar-refractivity contribution < 1.29 is 4.74 Å². The Morgan fingerprint density at radius 1 is 1.09 bits per heavy atom. The lowest BCUT2D eigenvalue weighted by Crippen LogP contribution is -2.40. The second-order valence-electron chi connectivity index (χ2n) is 7.39. The number of nitrogens with zero attached hydrogens (tertiary/aromatic N) is 1. The third-order valence-electron chi connectivity index (χ3n) is 4.13. The standard InChI is InChI=1S/C19H28N2O/c1-19(2,3)22-18(15-9-10-15)21-13-11-17(12-14-21)20-16-7-5-4-6-8-16/h4-8,17,20H,9-14H2,1-3H3. The number of anilines is 1. The summed E-state index contributed by atoms with van der Waals surface area (Å²) in [5.41, 5.74) is 2.63. The first-order valence-corrected chi connectivity index (χ1v) is 8.49. The van der Waals surface area contributed by atoms with Crippen molar-refractivity contribution >= 4 is 5.69 Å². The van der Waals surface area contributed by atoms with Crippen LogP contribution in [0.5, 0.6) is 0 Å². The first-order chi connectivity index (χ1) is 10.5. The second kappa shape index (κ2) is 6.23. The zero-order chi connectivity index (χ0) is 15.6. The molecular formula is C19H28N2O. The van der Waals surface area contributed by atoms with Crippen LogP contribution < -0.4 is 5.32 Å². The molecule has 2 aliphatic rings. The van der Waals surface area contributed by atoms with Crippen molar-refractivity contribution in [3.63, 3.8) is 0 Å². The monoisotopic (exact) mass is 300 g/mol. The average molecular weight is 300 g/mol. The van der Waals surface area contributed by atoms with Crippen LogP contribution in [0.1, 0.15) is 46.5 Å². The molecule has 1 aliphatic carbocycles. The Labute approximate surface area is 134 Å². The molecule has 0 amide bonds. The molecule has 1 aromatic carbocycles. The first-order valence-electron chi connectivity index (χ1n) is 8.49. The zero-order valence-electron chi connectivity index (χ0n) is 14.1. The summed E-state index contributed by atoms with van der Waals surface area (Å²) < 4.78 is 6.24. The van der Waals surface area contributed by atoms with E-state index in [0.717, 1.165) is 13.1 Å². The van der Waals surface area contributed by atoms with Gasteiger partial charge in [0.2, 0.25) is 0 Å². The van der Waals surface area contributed by atoms with Gasteiger partial charge in [0.25, 0.3) is 0 Å². The molecule has 3 rings (SSSR count). The molecule has 120 valence electrons. The van der Waals surface area contributed by atoms with Crippen molar-refractivity contribution in [2.75, 3.05) is 18.4 Å². The molecule has 0 aromatic heterocycles. The fourth-order valence-corrected chi connectivity index (χ4v) is 2.92. The summed E-state index contributed by atoms with van der Waals surface area (Å²) in [6.07, 6.45) is 4.76. The molecule has 1 heterocycles. The van der Waals surface area contributed by atoms with Crippen LogP contribution in [-0.2, 0) is 4.74 Å². The van der Waals surface area contributed by atoms with E-state index in [-0.39, 0.29) is 5.60 Å². The Morgan fingerprint density at radius 3 is 2.27 bits per heavy atom. The molecule has 1 aliphatic heterocycles. The Kier molecular flexibility index (Phi) is 4.32. The highest BCUT2D eigenvalue weighted by molar-refractivity contribution is 5.43. The minimum absolute atomic E-state index is 0.107. The lowest BCUT2D eigenvalue weighted by molar-refractivity contribution is -0.00469. The van der Waals surface area contributed by atoms with Crippen molar-refractivity contribution in [3.8, 4) is 0 Å². The van der Waals surface area contributed by atoms with Crippen molar-refractivity contribution in [1.29, 1.82) is 0 Å². The van der Waals surface area contributed by atoms with Crippen molar-refractivity contribution in [2.45, 2.75) is 58.1 Å². The molecule has 1 aromatic rings. The number of likely N-dealkylation sites (tertiary alicyclic amines) is 1. The summed E-state index contributed by atoms with van der Waals surface area (Å²) in [4.78, 5) is 2.46. The minimum atomic E-state index is -0.107. The number of allylic oxidation sites excluding steroid dienone is 1. The maximum atomic E-state index is 6.24. The number of para-hydroxylation sites is 1. The number of rotatable bonds is 4. The number of hydrogen-bond donors (Lipinski definition) is 1. The molecular weight excluding hydrogens is 272 g/mol. The molecule has 0 bridgehead atoms. The quantitative estimate of drug-likeness (QED) is 0.835. The molecule has 0 radical (unpaired) electrons. The van der Waals surface area contributed by atoms with E-state index >= 15 is 0 Å². The van der Waals surface area contributed by atoms with Gasteiger partial charge in [-0.15, -0.1) is 0 Å². The van der Waals surface area contributed by atoms with E-state index in [4.69, 9.17) is 4.74 Å². The fraction of sp³-hybridized carbons (Fsp3) is 0.579. The van der Waals surface area contributed by atoms with Gasteiger partial charge in [-0.05, 0) is 64.2 Å². The first kappa shape index (κ1) is 15.3. The summed E-state index contributed by atoms with van der Waals surface area (Å²) in [7, 11) is 0. The van der Waals surface area contributed by atoms with Gasteiger partial charge in [-0.1, -0.05) is 18.2 Å². The summed E-state index contributed by atoms with van der Waals surface area (Å²) in [6.45, 7) is 8.58. The highest BCUT2D eigenvalue weighted by Gasteiger charge is 2.30. The molecule has 22 heavy (non-hydrogen) atoms. The lowest BCUT2D eigenvalue weighted by atomic mass is 10.0. The van der Waals surface area contributed by atoms with E-state index in [0.29, 0.717) is 6.04 Å². The van der Waals surface area contributed by atoms with Gasteiger partial charge in [-0.3, -0.25) is 0 Å². The van der Waals surface area contributed by atoms with E-state index in [1.165, 1.54) is 42.8 Å². The number of piperidine rings is 1. The van der Waals surface area contributed by atoms with Gasteiger partial charge in [-0.25, -0.2) is 0 Å². The molecule has 0 spiro atoms. The van der Waals surface area contributed by atoms with E-state index in [1.807, 2.05) is 0 Å². The largest absolute Gasteiger partial charge is 0.473 e. The summed E-state index contributed by atoms with van der Waals surface area (Å²) >= 11 is 0. The van der Waals surface area contributed by atoms with Crippen molar-refractivity contribution in [1.82, 2.24) is 4.90 Å². The SMILES string of the molecule is CC(C)(C)OC(=C1CC1)N1CCC(Nc2ccccc2)CC1. The van der Waals surface area contributed by atoms with Crippen LogP contribution in [0.2, 0.25) is 0 Å². The number of nitrogens with one attached hydrogen (secondary N) is 1. The van der Waals surface area contributed by atoms with Gasteiger partial charge in [-0.2, -0.15) is 0 Å². The van der Waals surface area contributed by atoms with E-state index in [9.17, 15) is 0 Å². The number of hydrogen-bond acceptors (Lipinski definition) is 3. The molecule has 2 fully saturated rings. The Morgan fingerprint density at radius 2 is 1.73 bits per heavy atom. The van der Waals surface area contributed by atoms with E-state index in [1.54, 1.807) is 0 Å². The second-order valence-corrected chi connectivity index (χ2v) is 7.39. The molecule has 1 saturated carbocycles. The van der Waals surface area contributed by atoms with Gasteiger partial charge in [0, 0.05) is 24.8 Å². The summed E-state index contributed by atoms with van der Waals surface area (Å²) in [5, 5.41) is 3.65. The predicted molar refractivity (Wildman–Crippen MR) is 91.8 cm³/mol. The van der Waals surface area contributed by atoms with Crippen molar-refractivity contribution in [2.24, 2.45) is 0 Å². The third-order valence-corrected chi connectivity index (χ3v) is 4.13. The molecule has 1 saturated heterocycles. The Balaban J connectivity index is 1.56. The maximum absolute atomic E-state index is 6.24. The number of ether oxygens (including phenoxy) is 1. The third kappa shape index (κ3) is 4.19. The highest BCUT2D eigenvalue weighted by atomic mass is 16.5. The summed E-state index contributed by atoms with van der Waals surface area (Å²) in [6, 6.07) is 11.1. The van der Waals surface area contributed by atoms with Crippen LogP contribution in [-0.4, -0.2) is 29.6 Å². The van der Waals surface area contributed by atoms with Gasteiger partial charge >= 0.3 is 0 Å². The van der Waals surface area contributed by atoms with Gasteiger partial charge in [0.1, 0.15) is 5.60 Å². The Hall–Kier alpha value is -1.64. The van der Waals surface area contributed by atoms with Crippen LogP contribution in [0, 0.1) is 0 Å².